The molecule has 0 spiro atoms. The highest BCUT2D eigenvalue weighted by molar-refractivity contribution is 6.27. The highest BCUT2D eigenvalue weighted by Gasteiger charge is 2.46. The summed E-state index contributed by atoms with van der Waals surface area (Å²) in [4.78, 5) is 40.8. The normalized spacial score (nSPS) is 17.7. The lowest BCUT2D eigenvalue weighted by molar-refractivity contribution is -0.141. The fourth-order valence-corrected chi connectivity index (χ4v) is 2.99. The zero-order valence-corrected chi connectivity index (χ0v) is 14.5. The van der Waals surface area contributed by atoms with E-state index in [0.29, 0.717) is 5.69 Å². The standard InChI is InChI=1S/C20H20N2O4/c1-26-13-12-21-18(23)17(14-15-8-4-2-5-9-15)19(24)22(20(21)25)16-10-6-3-7-11-16/h2-11,17H,12-14H2,1H3. The quantitative estimate of drug-likeness (QED) is 0.749. The molecule has 1 unspecified atom stereocenters. The number of methoxy groups -OCH3 is 1. The second kappa shape index (κ2) is 7.93. The molecule has 1 saturated heterocycles. The second-order valence-electron chi connectivity index (χ2n) is 6.02. The van der Waals surface area contributed by atoms with Crippen LogP contribution in [-0.2, 0) is 20.7 Å². The summed E-state index contributed by atoms with van der Waals surface area (Å²) in [7, 11) is 1.50. The molecule has 0 bridgehead atoms. The topological polar surface area (TPSA) is 66.9 Å². The van der Waals surface area contributed by atoms with Crippen molar-refractivity contribution in [1.82, 2.24) is 4.90 Å². The van der Waals surface area contributed by atoms with Gasteiger partial charge in [-0.25, -0.2) is 9.69 Å². The van der Waals surface area contributed by atoms with E-state index in [1.807, 2.05) is 30.3 Å². The average Bonchev–Trinajstić information content (AvgIpc) is 2.67. The maximum Gasteiger partial charge on any atom is 0.338 e. The number of para-hydroxylation sites is 1. The number of hydrogen-bond donors (Lipinski definition) is 0. The first-order valence-corrected chi connectivity index (χ1v) is 8.40. The van der Waals surface area contributed by atoms with Crippen LogP contribution in [0.2, 0.25) is 0 Å². The van der Waals surface area contributed by atoms with E-state index in [-0.39, 0.29) is 19.6 Å². The van der Waals surface area contributed by atoms with Gasteiger partial charge in [0.2, 0.25) is 11.8 Å². The minimum Gasteiger partial charge on any atom is -0.383 e. The van der Waals surface area contributed by atoms with Crippen LogP contribution in [0.5, 0.6) is 0 Å². The Bertz CT molecular complexity index is 792. The molecule has 4 amide bonds. The third kappa shape index (κ3) is 3.50. The summed E-state index contributed by atoms with van der Waals surface area (Å²) in [6.07, 6.45) is 0.249. The summed E-state index contributed by atoms with van der Waals surface area (Å²) in [5, 5.41) is 0. The van der Waals surface area contributed by atoms with E-state index in [4.69, 9.17) is 4.74 Å². The minimum absolute atomic E-state index is 0.107. The number of amides is 4. The molecule has 134 valence electrons. The third-order valence-corrected chi connectivity index (χ3v) is 4.32. The van der Waals surface area contributed by atoms with Gasteiger partial charge in [0, 0.05) is 7.11 Å². The molecule has 3 rings (SSSR count). The maximum absolute atomic E-state index is 13.0. The number of rotatable bonds is 6. The molecule has 6 heteroatoms. The molecule has 0 aliphatic carbocycles. The monoisotopic (exact) mass is 352 g/mol. The van der Waals surface area contributed by atoms with Crippen LogP contribution in [0.25, 0.3) is 0 Å². The van der Waals surface area contributed by atoms with Crippen LogP contribution in [-0.4, -0.2) is 43.0 Å². The van der Waals surface area contributed by atoms with Gasteiger partial charge in [-0.3, -0.25) is 14.5 Å². The second-order valence-corrected chi connectivity index (χ2v) is 6.02. The Labute approximate surface area is 152 Å². The lowest BCUT2D eigenvalue weighted by Crippen LogP contribution is -2.61. The summed E-state index contributed by atoms with van der Waals surface area (Å²) in [6, 6.07) is 17.3. The van der Waals surface area contributed by atoms with Gasteiger partial charge in [0.1, 0.15) is 5.92 Å². The number of urea groups is 1. The number of benzene rings is 2. The number of carbonyl (C=O) groups excluding carboxylic acids is 3. The van der Waals surface area contributed by atoms with Crippen molar-refractivity contribution >= 4 is 23.5 Å². The molecular formula is C20H20N2O4. The molecule has 6 nitrogen and oxygen atoms in total. The van der Waals surface area contributed by atoms with E-state index >= 15 is 0 Å². The third-order valence-electron chi connectivity index (χ3n) is 4.32. The van der Waals surface area contributed by atoms with Crippen LogP contribution in [0.3, 0.4) is 0 Å². The van der Waals surface area contributed by atoms with Crippen LogP contribution in [0, 0.1) is 5.92 Å². The molecule has 1 fully saturated rings. The van der Waals surface area contributed by atoms with Crippen molar-refractivity contribution in [2.75, 3.05) is 25.2 Å². The predicted molar refractivity (Wildman–Crippen MR) is 96.5 cm³/mol. The minimum atomic E-state index is -0.938. The summed E-state index contributed by atoms with van der Waals surface area (Å²) in [5.74, 6) is -1.91. The first-order valence-electron chi connectivity index (χ1n) is 8.40. The lowest BCUT2D eigenvalue weighted by atomic mass is 9.94. The van der Waals surface area contributed by atoms with Crippen molar-refractivity contribution in [3.63, 3.8) is 0 Å². The smallest absolute Gasteiger partial charge is 0.338 e. The van der Waals surface area contributed by atoms with Crippen molar-refractivity contribution in [2.24, 2.45) is 5.92 Å². The Morgan fingerprint density at radius 3 is 2.12 bits per heavy atom. The van der Waals surface area contributed by atoms with Crippen molar-refractivity contribution in [3.05, 3.63) is 66.2 Å². The molecule has 1 aliphatic rings. The van der Waals surface area contributed by atoms with Gasteiger partial charge in [-0.2, -0.15) is 0 Å². The van der Waals surface area contributed by atoms with Gasteiger partial charge >= 0.3 is 6.03 Å². The molecule has 0 aromatic heterocycles. The van der Waals surface area contributed by atoms with Crippen LogP contribution >= 0.6 is 0 Å². The van der Waals surface area contributed by atoms with Crippen molar-refractivity contribution in [2.45, 2.75) is 6.42 Å². The fraction of sp³-hybridized carbons (Fsp3) is 0.250. The Morgan fingerprint density at radius 2 is 1.50 bits per heavy atom. The molecule has 0 radical (unpaired) electrons. The van der Waals surface area contributed by atoms with Gasteiger partial charge in [0.25, 0.3) is 0 Å². The van der Waals surface area contributed by atoms with Gasteiger partial charge in [0.15, 0.2) is 0 Å². The Balaban J connectivity index is 1.95. The van der Waals surface area contributed by atoms with E-state index in [1.165, 1.54) is 7.11 Å². The molecule has 0 N–H and O–H groups in total. The largest absolute Gasteiger partial charge is 0.383 e. The summed E-state index contributed by atoms with van der Waals surface area (Å²) in [5.41, 5.74) is 1.32. The molecule has 1 atom stereocenters. The van der Waals surface area contributed by atoms with Gasteiger partial charge in [-0.15, -0.1) is 0 Å². The number of ether oxygens (including phenoxy) is 1. The highest BCUT2D eigenvalue weighted by Crippen LogP contribution is 2.26. The zero-order chi connectivity index (χ0) is 18.5. The first-order chi connectivity index (χ1) is 12.6. The molecule has 26 heavy (non-hydrogen) atoms. The average molecular weight is 352 g/mol. The molecule has 1 aliphatic heterocycles. The number of anilines is 1. The first kappa shape index (κ1) is 17.8. The Morgan fingerprint density at radius 1 is 0.885 bits per heavy atom. The van der Waals surface area contributed by atoms with E-state index in [9.17, 15) is 14.4 Å². The van der Waals surface area contributed by atoms with Crippen molar-refractivity contribution in [1.29, 1.82) is 0 Å². The van der Waals surface area contributed by atoms with E-state index in [1.54, 1.807) is 30.3 Å². The van der Waals surface area contributed by atoms with Crippen LogP contribution in [0.4, 0.5) is 10.5 Å². The number of imide groups is 2. The lowest BCUT2D eigenvalue weighted by Gasteiger charge is -2.36. The number of nitrogens with zero attached hydrogens (tertiary/aromatic N) is 2. The number of barbiturate groups is 1. The SMILES string of the molecule is COCCN1C(=O)C(Cc2ccccc2)C(=O)N(c2ccccc2)C1=O. The van der Waals surface area contributed by atoms with Crippen LogP contribution in [0.15, 0.2) is 60.7 Å². The molecule has 2 aromatic carbocycles. The Hall–Kier alpha value is -2.99. The van der Waals surface area contributed by atoms with E-state index < -0.39 is 23.8 Å². The van der Waals surface area contributed by atoms with Crippen LogP contribution < -0.4 is 4.90 Å². The molecular weight excluding hydrogens is 332 g/mol. The molecule has 1 heterocycles. The van der Waals surface area contributed by atoms with Gasteiger partial charge in [-0.05, 0) is 24.1 Å². The number of hydrogen-bond acceptors (Lipinski definition) is 4. The maximum atomic E-state index is 13.0. The zero-order valence-electron chi connectivity index (χ0n) is 14.5. The molecule has 0 saturated carbocycles. The number of carbonyl (C=O) groups is 3. The summed E-state index contributed by atoms with van der Waals surface area (Å²) < 4.78 is 5.01. The van der Waals surface area contributed by atoms with Crippen LogP contribution in [0.1, 0.15) is 5.56 Å². The molecule has 2 aromatic rings. The Kier molecular flexibility index (Phi) is 5.43. The van der Waals surface area contributed by atoms with Gasteiger partial charge in [0.05, 0.1) is 18.8 Å². The van der Waals surface area contributed by atoms with E-state index in [2.05, 4.69) is 0 Å². The fourth-order valence-electron chi connectivity index (χ4n) is 2.99. The van der Waals surface area contributed by atoms with Crippen molar-refractivity contribution < 1.29 is 19.1 Å². The highest BCUT2D eigenvalue weighted by atomic mass is 16.5. The van der Waals surface area contributed by atoms with Gasteiger partial charge in [-0.1, -0.05) is 48.5 Å². The van der Waals surface area contributed by atoms with Gasteiger partial charge < -0.3 is 4.74 Å². The summed E-state index contributed by atoms with van der Waals surface area (Å²) >= 11 is 0. The van der Waals surface area contributed by atoms with E-state index in [0.717, 1.165) is 15.4 Å². The predicted octanol–water partition coefficient (Wildman–Crippen LogP) is 2.49. The summed E-state index contributed by atoms with van der Waals surface area (Å²) in [6.45, 7) is 0.322. The van der Waals surface area contributed by atoms with Crippen molar-refractivity contribution in [3.8, 4) is 0 Å².